The molecule has 0 saturated carbocycles. The predicted molar refractivity (Wildman–Crippen MR) is 107 cm³/mol. The molecule has 1 aromatic heterocycles. The standard InChI is InChI=1S/C19H16N4O6S/c1-29-13-8-6-12(7-9-13)22-18(15-10-30(27,28)11-16(15)21-22)20-19(24)14-4-2-3-5-17(14)23(25)26/h2-9H,10-11H2,1H3,(H,20,24). The summed E-state index contributed by atoms with van der Waals surface area (Å²) in [6, 6.07) is 12.3. The number of anilines is 1. The molecule has 2 heterocycles. The van der Waals surface area contributed by atoms with E-state index in [9.17, 15) is 23.3 Å². The second-order valence-corrected chi connectivity index (χ2v) is 8.71. The Kier molecular flexibility index (Phi) is 4.74. The van der Waals surface area contributed by atoms with Crippen molar-refractivity contribution in [1.29, 1.82) is 0 Å². The van der Waals surface area contributed by atoms with Crippen molar-refractivity contribution >= 4 is 27.2 Å². The van der Waals surface area contributed by atoms with Gasteiger partial charge in [-0.25, -0.2) is 13.1 Å². The van der Waals surface area contributed by atoms with E-state index in [4.69, 9.17) is 4.74 Å². The summed E-state index contributed by atoms with van der Waals surface area (Å²) in [4.78, 5) is 23.5. The van der Waals surface area contributed by atoms with Gasteiger partial charge in [-0.1, -0.05) is 12.1 Å². The number of aromatic nitrogens is 2. The van der Waals surface area contributed by atoms with Gasteiger partial charge in [0.2, 0.25) is 0 Å². The first-order chi connectivity index (χ1) is 14.3. The summed E-state index contributed by atoms with van der Waals surface area (Å²) >= 11 is 0. The van der Waals surface area contributed by atoms with E-state index in [0.717, 1.165) is 0 Å². The highest BCUT2D eigenvalue weighted by atomic mass is 32.2. The maximum Gasteiger partial charge on any atom is 0.282 e. The van der Waals surface area contributed by atoms with Gasteiger partial charge in [-0.3, -0.25) is 14.9 Å². The Morgan fingerprint density at radius 2 is 1.87 bits per heavy atom. The highest BCUT2D eigenvalue weighted by Crippen LogP contribution is 2.34. The monoisotopic (exact) mass is 428 g/mol. The SMILES string of the molecule is COc1ccc(-n2nc3c(c2NC(=O)c2ccccc2[N+](=O)[O-])CS(=O)(=O)C3)cc1. The van der Waals surface area contributed by atoms with E-state index in [-0.39, 0.29) is 28.6 Å². The molecule has 0 spiro atoms. The lowest BCUT2D eigenvalue weighted by Crippen LogP contribution is -2.18. The number of carbonyl (C=O) groups is 1. The van der Waals surface area contributed by atoms with E-state index >= 15 is 0 Å². The second-order valence-electron chi connectivity index (χ2n) is 6.64. The summed E-state index contributed by atoms with van der Waals surface area (Å²) in [5.41, 5.74) is 0.788. The molecule has 0 atom stereocenters. The van der Waals surface area contributed by atoms with Crippen molar-refractivity contribution in [3.8, 4) is 11.4 Å². The topological polar surface area (TPSA) is 133 Å². The zero-order chi connectivity index (χ0) is 21.5. The van der Waals surface area contributed by atoms with Crippen molar-refractivity contribution in [3.05, 3.63) is 75.5 Å². The molecule has 11 heteroatoms. The maximum absolute atomic E-state index is 12.9. The fraction of sp³-hybridized carbons (Fsp3) is 0.158. The van der Waals surface area contributed by atoms with E-state index in [1.54, 1.807) is 24.3 Å². The van der Waals surface area contributed by atoms with E-state index < -0.39 is 20.7 Å². The molecule has 0 radical (unpaired) electrons. The van der Waals surface area contributed by atoms with Crippen LogP contribution in [0.4, 0.5) is 11.5 Å². The molecule has 1 aliphatic heterocycles. The number of hydrogen-bond acceptors (Lipinski definition) is 7. The molecule has 0 fully saturated rings. The number of nitrogens with one attached hydrogen (secondary N) is 1. The van der Waals surface area contributed by atoms with Crippen LogP contribution in [0.3, 0.4) is 0 Å². The van der Waals surface area contributed by atoms with Crippen LogP contribution < -0.4 is 10.1 Å². The molecule has 2 aromatic carbocycles. The average Bonchev–Trinajstić information content (AvgIpc) is 3.20. The van der Waals surface area contributed by atoms with Crippen LogP contribution in [0.1, 0.15) is 21.6 Å². The van der Waals surface area contributed by atoms with Crippen LogP contribution in [-0.4, -0.2) is 36.1 Å². The normalized spacial score (nSPS) is 14.2. The molecule has 1 N–H and O–H groups in total. The fourth-order valence-electron chi connectivity index (χ4n) is 3.28. The van der Waals surface area contributed by atoms with Gasteiger partial charge in [-0.2, -0.15) is 5.10 Å². The van der Waals surface area contributed by atoms with E-state index in [1.165, 1.54) is 36.1 Å². The molecule has 4 rings (SSSR count). The Hall–Kier alpha value is -3.73. The van der Waals surface area contributed by atoms with Crippen LogP contribution in [0.15, 0.2) is 48.5 Å². The van der Waals surface area contributed by atoms with Gasteiger partial charge in [0, 0.05) is 11.6 Å². The van der Waals surface area contributed by atoms with Gasteiger partial charge >= 0.3 is 0 Å². The van der Waals surface area contributed by atoms with Crippen molar-refractivity contribution in [1.82, 2.24) is 9.78 Å². The molecule has 0 saturated heterocycles. The summed E-state index contributed by atoms with van der Waals surface area (Å²) in [7, 11) is -1.84. The van der Waals surface area contributed by atoms with Gasteiger partial charge in [-0.15, -0.1) is 0 Å². The quantitative estimate of drug-likeness (QED) is 0.487. The van der Waals surface area contributed by atoms with Crippen LogP contribution >= 0.6 is 0 Å². The van der Waals surface area contributed by atoms with E-state index in [2.05, 4.69) is 10.4 Å². The molecule has 0 unspecified atom stereocenters. The Morgan fingerprint density at radius 3 is 2.53 bits per heavy atom. The minimum atomic E-state index is -3.37. The third-order valence-corrected chi connectivity index (χ3v) is 6.12. The second kappa shape index (κ2) is 7.26. The Bertz CT molecular complexity index is 1260. The number of nitrogens with zero attached hydrogens (tertiary/aromatic N) is 3. The molecule has 0 aliphatic carbocycles. The molecular weight excluding hydrogens is 412 g/mol. The number of methoxy groups -OCH3 is 1. The van der Waals surface area contributed by atoms with Crippen molar-refractivity contribution in [3.63, 3.8) is 0 Å². The first-order valence-corrected chi connectivity index (χ1v) is 10.6. The number of nitro groups is 1. The predicted octanol–water partition coefficient (Wildman–Crippen LogP) is 2.47. The van der Waals surface area contributed by atoms with Crippen molar-refractivity contribution in [2.24, 2.45) is 0 Å². The number of benzene rings is 2. The molecule has 10 nitrogen and oxygen atoms in total. The number of para-hydroxylation sites is 1. The first kappa shape index (κ1) is 19.6. The summed E-state index contributed by atoms with van der Waals surface area (Å²) in [5.74, 6) is -0.458. The van der Waals surface area contributed by atoms with Crippen molar-refractivity contribution < 1.29 is 22.9 Å². The van der Waals surface area contributed by atoms with E-state index in [0.29, 0.717) is 22.7 Å². The number of sulfone groups is 1. The maximum atomic E-state index is 12.9. The summed E-state index contributed by atoms with van der Waals surface area (Å²) in [6.07, 6.45) is 0. The van der Waals surface area contributed by atoms with E-state index in [1.807, 2.05) is 0 Å². The number of carbonyl (C=O) groups excluding carboxylic acids is 1. The molecule has 30 heavy (non-hydrogen) atoms. The van der Waals surface area contributed by atoms with Gasteiger partial charge < -0.3 is 10.1 Å². The van der Waals surface area contributed by atoms with Crippen LogP contribution in [0.5, 0.6) is 5.75 Å². The molecule has 1 aliphatic rings. The number of amides is 1. The summed E-state index contributed by atoms with van der Waals surface area (Å²) in [5, 5.41) is 18.3. The highest BCUT2D eigenvalue weighted by Gasteiger charge is 2.34. The van der Waals surface area contributed by atoms with Crippen molar-refractivity contribution in [2.75, 3.05) is 12.4 Å². The molecule has 0 bridgehead atoms. The molecule has 154 valence electrons. The third-order valence-electron chi connectivity index (χ3n) is 4.68. The number of nitro benzene ring substituents is 1. The Labute approximate surface area is 171 Å². The summed E-state index contributed by atoms with van der Waals surface area (Å²) < 4.78 is 30.7. The largest absolute Gasteiger partial charge is 0.497 e. The molecule has 3 aromatic rings. The van der Waals surface area contributed by atoms with Gasteiger partial charge in [0.15, 0.2) is 9.84 Å². The lowest BCUT2D eigenvalue weighted by Gasteiger charge is -2.12. The highest BCUT2D eigenvalue weighted by molar-refractivity contribution is 7.90. The minimum Gasteiger partial charge on any atom is -0.497 e. The number of rotatable bonds is 5. The minimum absolute atomic E-state index is 0.139. The third kappa shape index (κ3) is 3.50. The number of hydrogen-bond donors (Lipinski definition) is 1. The lowest BCUT2D eigenvalue weighted by atomic mass is 10.1. The van der Waals surface area contributed by atoms with Crippen LogP contribution in [-0.2, 0) is 21.3 Å². The molecule has 1 amide bonds. The lowest BCUT2D eigenvalue weighted by molar-refractivity contribution is -0.385. The smallest absolute Gasteiger partial charge is 0.282 e. The zero-order valence-corrected chi connectivity index (χ0v) is 16.5. The zero-order valence-electron chi connectivity index (χ0n) is 15.7. The molecular formula is C19H16N4O6S. The Morgan fingerprint density at radius 1 is 1.17 bits per heavy atom. The first-order valence-electron chi connectivity index (χ1n) is 8.79. The van der Waals surface area contributed by atoms with Crippen LogP contribution in [0, 0.1) is 10.1 Å². The van der Waals surface area contributed by atoms with Crippen LogP contribution in [0.25, 0.3) is 5.69 Å². The number of fused-ring (bicyclic) bond motifs is 1. The Balaban J connectivity index is 1.78. The average molecular weight is 428 g/mol. The van der Waals surface area contributed by atoms with Gasteiger partial charge in [-0.05, 0) is 30.3 Å². The van der Waals surface area contributed by atoms with Gasteiger partial charge in [0.25, 0.3) is 11.6 Å². The number of ether oxygens (including phenoxy) is 1. The van der Waals surface area contributed by atoms with Gasteiger partial charge in [0.05, 0.1) is 34.9 Å². The van der Waals surface area contributed by atoms with Crippen LogP contribution in [0.2, 0.25) is 0 Å². The summed E-state index contributed by atoms with van der Waals surface area (Å²) in [6.45, 7) is 0. The fourth-order valence-corrected chi connectivity index (χ4v) is 4.77. The van der Waals surface area contributed by atoms with Gasteiger partial charge in [0.1, 0.15) is 17.1 Å². The van der Waals surface area contributed by atoms with Crippen molar-refractivity contribution in [2.45, 2.75) is 11.5 Å².